The lowest BCUT2D eigenvalue weighted by molar-refractivity contribution is -0.145. The number of rotatable bonds is 6. The molecule has 0 fully saturated rings. The van der Waals surface area contributed by atoms with Crippen LogP contribution in [0, 0.1) is 0 Å². The standard InChI is InChI=1S/C12H20N4O7/c1-4(18)15-8-5(16-12(13)14)2-7(11(21)22)23-10(8)9(20)6(19)3-17/h2,5-6,8-10,17,19-20H,3H2,1H3,(H,15,18)(H,21,22)(H4,13,14,16)/t5-,6+,8+,9+,10?/m0/s1/i3D2,6D,9D. The number of carbonyl (C=O) groups is 2. The SMILES string of the molecule is [2H]C([2H])(O)[C@@]([2H])(O)[C@@]([2H])(O)C1OC(C(=O)O)=C[C@H](N=C(N)N)[C@H]1NC(C)=O. The molecule has 9 N–H and O–H groups in total. The lowest BCUT2D eigenvalue weighted by Gasteiger charge is -2.38. The molecule has 1 amide bonds. The Kier molecular flexibility index (Phi) is 4.42. The molecule has 0 aromatic heterocycles. The highest BCUT2D eigenvalue weighted by molar-refractivity contribution is 5.85. The molecule has 0 aromatic carbocycles. The topological polar surface area (TPSA) is 201 Å². The number of ether oxygens (including phenoxy) is 1. The molecule has 5 atom stereocenters. The molecule has 0 spiro atoms. The Morgan fingerprint density at radius 1 is 1.57 bits per heavy atom. The third kappa shape index (κ3) is 4.81. The third-order valence-corrected chi connectivity index (χ3v) is 2.77. The number of carbonyl (C=O) groups excluding carboxylic acids is 1. The molecular weight excluding hydrogens is 312 g/mol. The van der Waals surface area contributed by atoms with Gasteiger partial charge in [0.25, 0.3) is 0 Å². The quantitative estimate of drug-likeness (QED) is 0.188. The van der Waals surface area contributed by atoms with Gasteiger partial charge < -0.3 is 41.9 Å². The van der Waals surface area contributed by atoms with Crippen molar-refractivity contribution in [2.24, 2.45) is 16.5 Å². The summed E-state index contributed by atoms with van der Waals surface area (Å²) < 4.78 is 34.5. The van der Waals surface area contributed by atoms with Gasteiger partial charge in [0.2, 0.25) is 11.7 Å². The zero-order valence-corrected chi connectivity index (χ0v) is 11.9. The molecule has 11 nitrogen and oxygen atoms in total. The molecule has 0 saturated heterocycles. The summed E-state index contributed by atoms with van der Waals surface area (Å²) in [6, 6.07) is -3.05. The van der Waals surface area contributed by atoms with Crippen molar-refractivity contribution in [2.45, 2.75) is 37.3 Å². The molecule has 11 heteroatoms. The van der Waals surface area contributed by atoms with E-state index in [4.69, 9.17) is 26.8 Å². The Morgan fingerprint density at radius 3 is 2.61 bits per heavy atom. The molecule has 0 aromatic rings. The second-order valence-electron chi connectivity index (χ2n) is 4.49. The lowest BCUT2D eigenvalue weighted by atomic mass is 9.92. The van der Waals surface area contributed by atoms with Gasteiger partial charge in [-0.1, -0.05) is 0 Å². The molecule has 1 aliphatic rings. The van der Waals surface area contributed by atoms with Crippen LogP contribution in [-0.2, 0) is 14.3 Å². The summed E-state index contributed by atoms with van der Waals surface area (Å²) in [6.07, 6.45) is -9.09. The van der Waals surface area contributed by atoms with Crippen LogP contribution in [0.25, 0.3) is 0 Å². The number of guanidine groups is 1. The van der Waals surface area contributed by atoms with E-state index in [9.17, 15) is 24.9 Å². The van der Waals surface area contributed by atoms with Crippen LogP contribution in [0.4, 0.5) is 0 Å². The second kappa shape index (κ2) is 7.76. The van der Waals surface area contributed by atoms with Crippen molar-refractivity contribution in [3.63, 3.8) is 0 Å². The number of aliphatic imine (C=N–C) groups is 1. The van der Waals surface area contributed by atoms with E-state index in [1.807, 2.05) is 0 Å². The average Bonchev–Trinajstić information content (AvgIpc) is 2.45. The second-order valence-corrected chi connectivity index (χ2v) is 4.49. The van der Waals surface area contributed by atoms with E-state index in [0.29, 0.717) is 0 Å². The summed E-state index contributed by atoms with van der Waals surface area (Å²) in [6.45, 7) is -2.83. The highest BCUT2D eigenvalue weighted by Crippen LogP contribution is 2.24. The van der Waals surface area contributed by atoms with Crippen LogP contribution < -0.4 is 16.8 Å². The van der Waals surface area contributed by atoms with Gasteiger partial charge in [-0.2, -0.15) is 0 Å². The van der Waals surface area contributed by atoms with Crippen molar-refractivity contribution in [3.05, 3.63) is 11.8 Å². The van der Waals surface area contributed by atoms with Crippen molar-refractivity contribution >= 4 is 17.8 Å². The van der Waals surface area contributed by atoms with Gasteiger partial charge in [-0.25, -0.2) is 9.79 Å². The first-order valence-corrected chi connectivity index (χ1v) is 6.17. The molecule has 1 heterocycles. The van der Waals surface area contributed by atoms with Gasteiger partial charge in [0.1, 0.15) is 18.3 Å². The minimum absolute atomic E-state index is 0.566. The Morgan fingerprint density at radius 2 is 2.17 bits per heavy atom. The molecule has 0 bridgehead atoms. The van der Waals surface area contributed by atoms with Crippen LogP contribution in [-0.4, -0.2) is 75.2 Å². The van der Waals surface area contributed by atoms with Crippen LogP contribution in [0.1, 0.15) is 12.4 Å². The number of amides is 1. The molecule has 23 heavy (non-hydrogen) atoms. The molecule has 1 unspecified atom stereocenters. The van der Waals surface area contributed by atoms with E-state index in [2.05, 4.69) is 10.3 Å². The van der Waals surface area contributed by atoms with Gasteiger partial charge in [-0.15, -0.1) is 0 Å². The first-order chi connectivity index (χ1) is 12.0. The van der Waals surface area contributed by atoms with Crippen molar-refractivity contribution in [2.75, 3.05) is 6.56 Å². The van der Waals surface area contributed by atoms with Crippen molar-refractivity contribution in [1.29, 1.82) is 0 Å². The Balaban J connectivity index is 3.60. The summed E-state index contributed by atoms with van der Waals surface area (Å²) in [5, 5.41) is 41.0. The van der Waals surface area contributed by atoms with Gasteiger partial charge in [-0.3, -0.25) is 4.79 Å². The number of nitrogens with zero attached hydrogens (tertiary/aromatic N) is 1. The van der Waals surface area contributed by atoms with Gasteiger partial charge in [0.05, 0.1) is 24.1 Å². The first-order valence-electron chi connectivity index (χ1n) is 8.17. The summed E-state index contributed by atoms with van der Waals surface area (Å²) in [4.78, 5) is 26.4. The number of nitrogens with two attached hydrogens (primary N) is 2. The number of nitrogens with one attached hydrogen (secondary N) is 1. The summed E-state index contributed by atoms with van der Waals surface area (Å²) in [5.41, 5.74) is 10.5. The number of hydrogen-bond acceptors (Lipinski definition) is 7. The van der Waals surface area contributed by atoms with Crippen LogP contribution in [0.5, 0.6) is 0 Å². The Hall–Kier alpha value is -2.37. The average molecular weight is 336 g/mol. The van der Waals surface area contributed by atoms with Crippen molar-refractivity contribution < 1.29 is 40.2 Å². The number of aliphatic carboxylic acids is 1. The molecule has 1 rings (SSSR count). The number of carboxylic acid groups (broad SMARTS) is 1. The Labute approximate surface area is 136 Å². The maximum absolute atomic E-state index is 11.5. The van der Waals surface area contributed by atoms with Crippen LogP contribution >= 0.6 is 0 Å². The molecular formula is C12H20N4O7. The van der Waals surface area contributed by atoms with E-state index in [0.717, 1.165) is 13.0 Å². The van der Waals surface area contributed by atoms with Gasteiger partial charge in [-0.05, 0) is 6.08 Å². The normalized spacial score (nSPS) is 32.2. The fraction of sp³-hybridized carbons (Fsp3) is 0.583. The van der Waals surface area contributed by atoms with Gasteiger partial charge in [0.15, 0.2) is 5.96 Å². The fourth-order valence-corrected chi connectivity index (χ4v) is 1.91. The molecule has 0 aliphatic carbocycles. The van der Waals surface area contributed by atoms with Crippen molar-refractivity contribution in [1.82, 2.24) is 5.32 Å². The number of aliphatic hydroxyl groups is 3. The fourth-order valence-electron chi connectivity index (χ4n) is 1.91. The lowest BCUT2D eigenvalue weighted by Crippen LogP contribution is -2.59. The smallest absolute Gasteiger partial charge is 0.370 e. The van der Waals surface area contributed by atoms with E-state index < -0.39 is 60.5 Å². The van der Waals surface area contributed by atoms with E-state index in [1.54, 1.807) is 0 Å². The minimum Gasteiger partial charge on any atom is -0.478 e. The van der Waals surface area contributed by atoms with Crippen LogP contribution in [0.2, 0.25) is 0 Å². The largest absolute Gasteiger partial charge is 0.478 e. The minimum atomic E-state index is -3.94. The maximum atomic E-state index is 11.5. The van der Waals surface area contributed by atoms with E-state index >= 15 is 0 Å². The zero-order chi connectivity index (χ0) is 21.4. The zero-order valence-electron chi connectivity index (χ0n) is 15.9. The summed E-state index contributed by atoms with van der Waals surface area (Å²) in [5.74, 6) is -3.94. The molecule has 1 aliphatic heterocycles. The summed E-state index contributed by atoms with van der Waals surface area (Å²) in [7, 11) is 0. The van der Waals surface area contributed by atoms with Crippen LogP contribution in [0.15, 0.2) is 16.8 Å². The Bertz CT molecular complexity index is 673. The first kappa shape index (κ1) is 13.1. The molecule has 0 radical (unpaired) electrons. The van der Waals surface area contributed by atoms with E-state index in [-0.39, 0.29) is 0 Å². The van der Waals surface area contributed by atoms with E-state index in [1.165, 1.54) is 0 Å². The molecule has 0 saturated carbocycles. The maximum Gasteiger partial charge on any atom is 0.370 e. The van der Waals surface area contributed by atoms with Crippen molar-refractivity contribution in [3.8, 4) is 0 Å². The summed E-state index contributed by atoms with van der Waals surface area (Å²) >= 11 is 0. The molecule has 130 valence electrons. The van der Waals surface area contributed by atoms with Gasteiger partial charge in [0, 0.05) is 6.92 Å². The highest BCUT2D eigenvalue weighted by Gasteiger charge is 2.43. The predicted octanol–water partition coefficient (Wildman–Crippen LogP) is -3.79. The third-order valence-electron chi connectivity index (χ3n) is 2.77. The predicted molar refractivity (Wildman–Crippen MR) is 76.9 cm³/mol. The van der Waals surface area contributed by atoms with Gasteiger partial charge >= 0.3 is 5.97 Å². The highest BCUT2D eigenvalue weighted by atomic mass is 16.5. The number of hydrogen-bond donors (Lipinski definition) is 7. The monoisotopic (exact) mass is 336 g/mol. The number of carboxylic acids is 1. The van der Waals surface area contributed by atoms with Crippen LogP contribution in [0.3, 0.4) is 0 Å².